The van der Waals surface area contributed by atoms with Crippen molar-refractivity contribution in [3.63, 3.8) is 0 Å². The van der Waals surface area contributed by atoms with Crippen LogP contribution in [-0.4, -0.2) is 16.7 Å². The Morgan fingerprint density at radius 2 is 1.56 bits per heavy atom. The zero-order valence-electron chi connectivity index (χ0n) is 14.1. The molecule has 2 amide bonds. The second-order valence-electron chi connectivity index (χ2n) is 7.92. The van der Waals surface area contributed by atoms with Crippen molar-refractivity contribution in [3.8, 4) is 0 Å². The molecule has 5 rings (SSSR count). The number of carbonyl (C=O) groups excluding carboxylic acids is 2. The molecule has 0 N–H and O–H groups in total. The molecule has 1 saturated heterocycles. The number of allylic oxidation sites excluding steroid dienone is 2. The number of hydrogen-bond donors (Lipinski definition) is 0. The van der Waals surface area contributed by atoms with Gasteiger partial charge in [-0.25, -0.2) is 4.90 Å². The molecule has 0 radical (unpaired) electrons. The second-order valence-corrected chi connectivity index (χ2v) is 7.92. The monoisotopic (exact) mass is 338 g/mol. The lowest BCUT2D eigenvalue weighted by molar-refractivity contribution is -0.384. The van der Waals surface area contributed by atoms with Crippen molar-refractivity contribution in [1.29, 1.82) is 0 Å². The van der Waals surface area contributed by atoms with Crippen molar-refractivity contribution in [2.24, 2.45) is 29.1 Å². The van der Waals surface area contributed by atoms with Gasteiger partial charge >= 0.3 is 0 Å². The van der Waals surface area contributed by atoms with Gasteiger partial charge in [0.05, 0.1) is 16.8 Å². The fourth-order valence-corrected chi connectivity index (χ4v) is 5.43. The van der Waals surface area contributed by atoms with Crippen LogP contribution >= 0.6 is 0 Å². The van der Waals surface area contributed by atoms with E-state index < -0.39 is 4.92 Å². The Morgan fingerprint density at radius 1 is 1.04 bits per heavy atom. The van der Waals surface area contributed by atoms with Gasteiger partial charge in [0.15, 0.2) is 0 Å². The summed E-state index contributed by atoms with van der Waals surface area (Å²) in [5.41, 5.74) is 1.68. The number of amides is 2. The van der Waals surface area contributed by atoms with E-state index in [1.807, 2.05) is 6.92 Å². The van der Waals surface area contributed by atoms with Crippen LogP contribution in [0, 0.1) is 53.0 Å². The minimum atomic E-state index is -0.508. The van der Waals surface area contributed by atoms with Gasteiger partial charge in [0, 0.05) is 6.07 Å². The standard InChI is InChI=1S/C19H18N2O4/c1-9-7-13(14(21(24)25)8-10(9)2)20-17(22)15-11-3-4-12(16(15)18(20)23)19(11)5-6-19/h3-4,7-8,11-12,15-16H,5-6H2,1-2H3/t11-,12-,15+,16+/m1/s1. The minimum absolute atomic E-state index is 0.120. The van der Waals surface area contributed by atoms with Crippen LogP contribution in [0.1, 0.15) is 24.0 Å². The Kier molecular flexibility index (Phi) is 2.59. The molecule has 128 valence electrons. The molecule has 25 heavy (non-hydrogen) atoms. The number of imide groups is 1. The van der Waals surface area contributed by atoms with E-state index in [9.17, 15) is 19.7 Å². The average molecular weight is 338 g/mol. The Hall–Kier alpha value is -2.50. The molecular weight excluding hydrogens is 320 g/mol. The molecule has 1 aromatic carbocycles. The molecule has 6 nitrogen and oxygen atoms in total. The van der Waals surface area contributed by atoms with Crippen molar-refractivity contribution in [2.75, 3.05) is 4.90 Å². The van der Waals surface area contributed by atoms with E-state index in [0.717, 1.165) is 28.9 Å². The smallest absolute Gasteiger partial charge is 0.274 e. The second kappa shape index (κ2) is 4.36. The lowest BCUT2D eigenvalue weighted by Crippen LogP contribution is -2.35. The van der Waals surface area contributed by atoms with E-state index in [2.05, 4.69) is 12.2 Å². The van der Waals surface area contributed by atoms with E-state index in [-0.39, 0.29) is 52.3 Å². The summed E-state index contributed by atoms with van der Waals surface area (Å²) in [4.78, 5) is 38.3. The quantitative estimate of drug-likeness (QED) is 0.359. The van der Waals surface area contributed by atoms with Crippen molar-refractivity contribution in [1.82, 2.24) is 0 Å². The first-order valence-electron chi connectivity index (χ1n) is 8.68. The van der Waals surface area contributed by atoms with E-state index >= 15 is 0 Å². The van der Waals surface area contributed by atoms with Gasteiger partial charge in [-0.15, -0.1) is 0 Å². The van der Waals surface area contributed by atoms with Crippen molar-refractivity contribution in [2.45, 2.75) is 26.7 Å². The highest BCUT2D eigenvalue weighted by atomic mass is 16.6. The number of nitro groups is 1. The predicted octanol–water partition coefficient (Wildman–Crippen LogP) is 2.91. The van der Waals surface area contributed by atoms with Crippen LogP contribution < -0.4 is 4.90 Å². The van der Waals surface area contributed by atoms with Gasteiger partial charge in [-0.2, -0.15) is 0 Å². The molecule has 0 unspecified atom stereocenters. The highest BCUT2D eigenvalue weighted by Crippen LogP contribution is 2.73. The van der Waals surface area contributed by atoms with Gasteiger partial charge in [0.1, 0.15) is 5.69 Å². The first-order chi connectivity index (χ1) is 11.9. The molecule has 3 aliphatic carbocycles. The molecule has 1 aromatic rings. The number of hydrogen-bond acceptors (Lipinski definition) is 4. The maximum Gasteiger partial charge on any atom is 0.293 e. The summed E-state index contributed by atoms with van der Waals surface area (Å²) in [7, 11) is 0. The first-order valence-corrected chi connectivity index (χ1v) is 8.68. The van der Waals surface area contributed by atoms with Crippen LogP contribution in [-0.2, 0) is 9.59 Å². The lowest BCUT2D eigenvalue weighted by atomic mass is 9.85. The number of fused-ring (bicyclic) bond motifs is 3. The Balaban J connectivity index is 1.62. The van der Waals surface area contributed by atoms with Crippen LogP contribution in [0.3, 0.4) is 0 Å². The van der Waals surface area contributed by atoms with E-state index in [0.29, 0.717) is 0 Å². The summed E-state index contributed by atoms with van der Waals surface area (Å²) in [6.07, 6.45) is 6.35. The van der Waals surface area contributed by atoms with Gasteiger partial charge < -0.3 is 0 Å². The minimum Gasteiger partial charge on any atom is -0.274 e. The van der Waals surface area contributed by atoms with Gasteiger partial charge in [-0.05, 0) is 61.1 Å². The summed E-state index contributed by atoms with van der Waals surface area (Å²) in [5, 5.41) is 11.5. The fourth-order valence-electron chi connectivity index (χ4n) is 5.43. The van der Waals surface area contributed by atoms with E-state index in [1.54, 1.807) is 13.0 Å². The fraction of sp³-hybridized carbons (Fsp3) is 0.474. The molecule has 4 aliphatic rings. The SMILES string of the molecule is Cc1cc(N2C(=O)[C@@H]3[C@@H](C2=O)[C@H]2C=C[C@H]3C23CC3)c([N+](=O)[O-])cc1C. The van der Waals surface area contributed by atoms with Crippen LogP contribution in [0.4, 0.5) is 11.4 Å². The van der Waals surface area contributed by atoms with Crippen LogP contribution in [0.15, 0.2) is 24.3 Å². The number of anilines is 1. The van der Waals surface area contributed by atoms with Gasteiger partial charge in [-0.3, -0.25) is 19.7 Å². The molecular formula is C19H18N2O4. The zero-order chi connectivity index (χ0) is 17.7. The normalized spacial score (nSPS) is 33.4. The zero-order valence-corrected chi connectivity index (χ0v) is 14.1. The van der Waals surface area contributed by atoms with E-state index in [4.69, 9.17) is 0 Å². The number of benzene rings is 1. The largest absolute Gasteiger partial charge is 0.293 e. The van der Waals surface area contributed by atoms with Gasteiger partial charge in [-0.1, -0.05) is 12.2 Å². The number of nitrogens with zero attached hydrogens (tertiary/aromatic N) is 2. The highest BCUT2D eigenvalue weighted by molar-refractivity contribution is 6.24. The predicted molar refractivity (Wildman–Crippen MR) is 89.8 cm³/mol. The number of rotatable bonds is 2. The van der Waals surface area contributed by atoms with Gasteiger partial charge in [0.25, 0.3) is 5.69 Å². The van der Waals surface area contributed by atoms with E-state index in [1.165, 1.54) is 6.07 Å². The Labute approximate surface area is 144 Å². The molecule has 1 heterocycles. The Morgan fingerprint density at radius 3 is 2.04 bits per heavy atom. The molecule has 6 heteroatoms. The van der Waals surface area contributed by atoms with Crippen molar-refractivity contribution < 1.29 is 14.5 Å². The summed E-state index contributed by atoms with van der Waals surface area (Å²) >= 11 is 0. The number of aryl methyl sites for hydroxylation is 2. The molecule has 1 spiro atoms. The topological polar surface area (TPSA) is 80.5 Å². The lowest BCUT2D eigenvalue weighted by Gasteiger charge is -2.22. The van der Waals surface area contributed by atoms with Gasteiger partial charge in [0.2, 0.25) is 11.8 Å². The Bertz CT molecular complexity index is 865. The van der Waals surface area contributed by atoms with Crippen molar-refractivity contribution >= 4 is 23.2 Å². The first kappa shape index (κ1) is 14.8. The number of carbonyl (C=O) groups is 2. The summed E-state index contributed by atoms with van der Waals surface area (Å²) in [6.45, 7) is 3.62. The average Bonchev–Trinajstić information content (AvgIpc) is 3.15. The molecule has 1 aliphatic heterocycles. The molecule has 3 fully saturated rings. The van der Waals surface area contributed by atoms with Crippen LogP contribution in [0.5, 0.6) is 0 Å². The molecule has 4 atom stereocenters. The van der Waals surface area contributed by atoms with Crippen LogP contribution in [0.25, 0.3) is 0 Å². The summed E-state index contributed by atoms with van der Waals surface area (Å²) < 4.78 is 0. The number of nitro benzene ring substituents is 1. The van der Waals surface area contributed by atoms with Crippen LogP contribution in [0.2, 0.25) is 0 Å². The molecule has 2 bridgehead atoms. The van der Waals surface area contributed by atoms with Crippen molar-refractivity contribution in [3.05, 3.63) is 45.5 Å². The maximum absolute atomic E-state index is 13.1. The summed E-state index contributed by atoms with van der Waals surface area (Å²) in [5.74, 6) is -0.963. The molecule has 2 saturated carbocycles. The highest BCUT2D eigenvalue weighted by Gasteiger charge is 2.73. The summed E-state index contributed by atoms with van der Waals surface area (Å²) in [6, 6.07) is 3.06. The molecule has 0 aromatic heterocycles. The third-order valence-corrected chi connectivity index (χ3v) is 6.88. The maximum atomic E-state index is 13.1. The third-order valence-electron chi connectivity index (χ3n) is 6.88. The third kappa shape index (κ3) is 1.60.